The number of hydrogen-bond acceptors (Lipinski definition) is 4. The molecule has 1 aromatic carbocycles. The van der Waals surface area contributed by atoms with E-state index in [0.717, 1.165) is 0 Å². The molecule has 2 aromatic rings. The molecule has 11 heteroatoms. The summed E-state index contributed by atoms with van der Waals surface area (Å²) in [7, 11) is 0. The number of anilines is 1. The summed E-state index contributed by atoms with van der Waals surface area (Å²) >= 11 is 12.0. The van der Waals surface area contributed by atoms with Crippen LogP contribution in [0.3, 0.4) is 0 Å². The van der Waals surface area contributed by atoms with Crippen molar-refractivity contribution < 1.29 is 9.90 Å². The zero-order chi connectivity index (χ0) is 23.6. The van der Waals surface area contributed by atoms with Crippen molar-refractivity contribution in [3.63, 3.8) is 0 Å². The van der Waals surface area contributed by atoms with Crippen molar-refractivity contribution >= 4 is 40.9 Å². The van der Waals surface area contributed by atoms with Crippen molar-refractivity contribution in [3.05, 3.63) is 95.4 Å². The molecule has 1 aliphatic heterocycles. The maximum Gasteiger partial charge on any atom is 0.321 e. The van der Waals surface area contributed by atoms with Crippen LogP contribution in [-0.4, -0.2) is 33.4 Å². The summed E-state index contributed by atoms with van der Waals surface area (Å²) in [4.78, 5) is 16.6. The number of carbonyl (C=O) groups is 1. The van der Waals surface area contributed by atoms with E-state index in [2.05, 4.69) is 37.9 Å². The Bertz CT molecular complexity index is 1110. The standard InChI is InChI=1S/C22H23Cl2N7O2/c1-2-3-4-7-17(24)12-26-21-25-10-9-19(29-21)31-14-18(13-27-31)28-22(33)30-20(32)15-6-5-8-16(23)11-15/h2-11,13-14,19-20,32H,1,12H2,(H2,25,26,29)(H2,28,30,33)/b4-3-,17-7+/t19-,20-/m1/s1. The summed E-state index contributed by atoms with van der Waals surface area (Å²) in [6.45, 7) is 3.89. The number of allylic oxidation sites excluding steroid dienone is 4. The van der Waals surface area contributed by atoms with Gasteiger partial charge in [0.1, 0.15) is 6.17 Å². The SMILES string of the molecule is C=C/C=C\C=C(\Cl)CN=C1NC=C[C@@H](n2cc(NC(=O)N[C@H](O)c3cccc(Cl)c3)cn2)N1. The molecule has 0 aliphatic carbocycles. The molecule has 0 unspecified atom stereocenters. The van der Waals surface area contributed by atoms with Crippen LogP contribution in [0.15, 0.2) is 89.8 Å². The van der Waals surface area contributed by atoms with Gasteiger partial charge in [0, 0.05) is 21.8 Å². The van der Waals surface area contributed by atoms with Gasteiger partial charge in [0.2, 0.25) is 0 Å². The van der Waals surface area contributed by atoms with Gasteiger partial charge in [-0.15, -0.1) is 0 Å². The Morgan fingerprint density at radius 2 is 2.27 bits per heavy atom. The molecule has 3 rings (SSSR count). The second-order valence-electron chi connectivity index (χ2n) is 6.76. The number of halogens is 2. The number of carbonyl (C=O) groups excluding carboxylic acids is 1. The highest BCUT2D eigenvalue weighted by Gasteiger charge is 2.16. The molecule has 9 nitrogen and oxygen atoms in total. The fraction of sp³-hybridized carbons (Fsp3) is 0.136. The number of urea groups is 1. The molecular formula is C22H23Cl2N7O2. The number of aliphatic imine (C=N–C) groups is 1. The molecule has 0 saturated heterocycles. The van der Waals surface area contributed by atoms with Gasteiger partial charge < -0.3 is 26.4 Å². The Morgan fingerprint density at radius 1 is 1.42 bits per heavy atom. The third-order valence-corrected chi connectivity index (χ3v) is 4.75. The molecular weight excluding hydrogens is 465 g/mol. The predicted molar refractivity (Wildman–Crippen MR) is 131 cm³/mol. The van der Waals surface area contributed by atoms with Crippen molar-refractivity contribution in [1.29, 1.82) is 0 Å². The fourth-order valence-electron chi connectivity index (χ4n) is 2.75. The van der Waals surface area contributed by atoms with Gasteiger partial charge >= 0.3 is 6.03 Å². The summed E-state index contributed by atoms with van der Waals surface area (Å²) in [5.41, 5.74) is 0.911. The minimum Gasteiger partial charge on any atom is -0.369 e. The van der Waals surface area contributed by atoms with Gasteiger partial charge in [-0.25, -0.2) is 14.5 Å². The van der Waals surface area contributed by atoms with Crippen molar-refractivity contribution in [2.45, 2.75) is 12.4 Å². The average Bonchev–Trinajstić information content (AvgIpc) is 3.26. The highest BCUT2D eigenvalue weighted by Crippen LogP contribution is 2.17. The third-order valence-electron chi connectivity index (χ3n) is 4.27. The summed E-state index contributed by atoms with van der Waals surface area (Å²) in [5, 5.41) is 26.7. The van der Waals surface area contributed by atoms with Gasteiger partial charge in [-0.1, -0.05) is 60.1 Å². The van der Waals surface area contributed by atoms with Crippen LogP contribution in [0.25, 0.3) is 0 Å². The van der Waals surface area contributed by atoms with Crippen LogP contribution in [0.4, 0.5) is 10.5 Å². The Balaban J connectivity index is 1.55. The lowest BCUT2D eigenvalue weighted by atomic mass is 10.2. The molecule has 1 aromatic heterocycles. The number of aliphatic hydroxyl groups is 1. The van der Waals surface area contributed by atoms with Gasteiger partial charge in [-0.2, -0.15) is 5.10 Å². The van der Waals surface area contributed by atoms with Crippen LogP contribution < -0.4 is 21.3 Å². The van der Waals surface area contributed by atoms with E-state index >= 15 is 0 Å². The molecule has 2 amide bonds. The summed E-state index contributed by atoms with van der Waals surface area (Å²) in [5.74, 6) is 0.522. The minimum atomic E-state index is -1.21. The molecule has 5 N–H and O–H groups in total. The van der Waals surface area contributed by atoms with Crippen LogP contribution in [0, 0.1) is 0 Å². The van der Waals surface area contributed by atoms with E-state index < -0.39 is 12.3 Å². The molecule has 0 fully saturated rings. The Morgan fingerprint density at radius 3 is 3.06 bits per heavy atom. The monoisotopic (exact) mass is 487 g/mol. The number of rotatable bonds is 8. The predicted octanol–water partition coefficient (Wildman–Crippen LogP) is 3.78. The van der Waals surface area contributed by atoms with Crippen molar-refractivity contribution in [3.8, 4) is 0 Å². The molecule has 0 radical (unpaired) electrons. The van der Waals surface area contributed by atoms with Crippen LogP contribution in [0.5, 0.6) is 0 Å². The third kappa shape index (κ3) is 7.53. The first-order valence-corrected chi connectivity index (χ1v) is 10.6. The van der Waals surface area contributed by atoms with Crippen molar-refractivity contribution in [2.24, 2.45) is 4.99 Å². The number of hydrogen-bond donors (Lipinski definition) is 5. The van der Waals surface area contributed by atoms with E-state index in [1.165, 1.54) is 6.20 Å². The second-order valence-corrected chi connectivity index (χ2v) is 7.68. The number of aromatic nitrogens is 2. The largest absolute Gasteiger partial charge is 0.369 e. The van der Waals surface area contributed by atoms with Crippen LogP contribution in [0.2, 0.25) is 5.02 Å². The van der Waals surface area contributed by atoms with Crippen LogP contribution in [0.1, 0.15) is 18.0 Å². The molecule has 33 heavy (non-hydrogen) atoms. The van der Waals surface area contributed by atoms with E-state index in [9.17, 15) is 9.90 Å². The van der Waals surface area contributed by atoms with E-state index in [1.54, 1.807) is 65.6 Å². The van der Waals surface area contributed by atoms with Crippen LogP contribution in [-0.2, 0) is 0 Å². The van der Waals surface area contributed by atoms with E-state index in [-0.39, 0.29) is 6.17 Å². The van der Waals surface area contributed by atoms with Gasteiger partial charge in [0.25, 0.3) is 0 Å². The van der Waals surface area contributed by atoms with Gasteiger partial charge in [-0.3, -0.25) is 0 Å². The van der Waals surface area contributed by atoms with Crippen molar-refractivity contribution in [2.75, 3.05) is 11.9 Å². The maximum atomic E-state index is 12.2. The fourth-order valence-corrected chi connectivity index (χ4v) is 3.08. The van der Waals surface area contributed by atoms with E-state index in [4.69, 9.17) is 23.2 Å². The summed E-state index contributed by atoms with van der Waals surface area (Å²) in [6.07, 6.45) is 12.1. The quantitative estimate of drug-likeness (QED) is 0.287. The first-order valence-electron chi connectivity index (χ1n) is 9.88. The summed E-state index contributed by atoms with van der Waals surface area (Å²) < 4.78 is 1.61. The van der Waals surface area contributed by atoms with Crippen LogP contribution >= 0.6 is 23.2 Å². The number of nitrogens with zero attached hydrogens (tertiary/aromatic N) is 3. The average molecular weight is 488 g/mol. The normalized spacial score (nSPS) is 18.0. The van der Waals surface area contributed by atoms with Gasteiger partial charge in [0.15, 0.2) is 12.2 Å². The Kier molecular flexibility index (Phi) is 8.71. The van der Waals surface area contributed by atoms with E-state index in [1.807, 2.05) is 6.08 Å². The first-order chi connectivity index (χ1) is 15.9. The first kappa shape index (κ1) is 24.1. The topological polar surface area (TPSA) is 116 Å². The number of aliphatic hydroxyl groups excluding tert-OH is 1. The zero-order valence-electron chi connectivity index (χ0n) is 17.5. The smallest absolute Gasteiger partial charge is 0.321 e. The molecule has 0 saturated carbocycles. The van der Waals surface area contributed by atoms with Gasteiger partial charge in [0.05, 0.1) is 24.6 Å². The molecule has 2 atom stereocenters. The minimum absolute atomic E-state index is 0.292. The lowest BCUT2D eigenvalue weighted by Gasteiger charge is -2.22. The summed E-state index contributed by atoms with van der Waals surface area (Å²) in [6, 6.07) is 6.00. The number of benzene rings is 1. The van der Waals surface area contributed by atoms with E-state index in [0.29, 0.717) is 33.8 Å². The second kappa shape index (κ2) is 11.9. The maximum absolute atomic E-state index is 12.2. The highest BCUT2D eigenvalue weighted by molar-refractivity contribution is 6.30. The van der Waals surface area contributed by atoms with Gasteiger partial charge in [-0.05, 0) is 24.3 Å². The Hall–Kier alpha value is -3.53. The number of amides is 2. The highest BCUT2D eigenvalue weighted by atomic mass is 35.5. The zero-order valence-corrected chi connectivity index (χ0v) is 19.0. The molecule has 1 aliphatic rings. The number of guanidine groups is 1. The lowest BCUT2D eigenvalue weighted by Crippen LogP contribution is -2.42. The lowest BCUT2D eigenvalue weighted by molar-refractivity contribution is 0.147. The number of nitrogens with one attached hydrogen (secondary N) is 4. The molecule has 2 heterocycles. The Labute approximate surface area is 201 Å². The molecule has 0 spiro atoms. The molecule has 172 valence electrons. The molecule has 0 bridgehead atoms. The van der Waals surface area contributed by atoms with Crippen molar-refractivity contribution in [1.82, 2.24) is 25.7 Å².